The summed E-state index contributed by atoms with van der Waals surface area (Å²) in [6.45, 7) is 9.12. The molecule has 0 amide bonds. The molecule has 0 saturated carbocycles. The maximum atomic E-state index is 6.57. The molecule has 7 heteroatoms. The smallest absolute Gasteiger partial charge is 0.228 e. The molecule has 140 valence electrons. The minimum absolute atomic E-state index is 0.234. The van der Waals surface area contributed by atoms with Gasteiger partial charge in [-0.1, -0.05) is 6.92 Å². The quantitative estimate of drug-likeness (QED) is 0.790. The van der Waals surface area contributed by atoms with Gasteiger partial charge in [-0.25, -0.2) is 4.98 Å². The molecule has 0 bridgehead atoms. The molecule has 1 unspecified atom stereocenters. The molecule has 0 spiro atoms. The van der Waals surface area contributed by atoms with Crippen LogP contribution in [-0.2, 0) is 4.74 Å². The Bertz CT molecular complexity index is 802. The predicted octanol–water partition coefficient (Wildman–Crippen LogP) is 1.61. The van der Waals surface area contributed by atoms with Crippen molar-refractivity contribution in [1.82, 2.24) is 9.97 Å². The molecule has 1 aromatic carbocycles. The summed E-state index contributed by atoms with van der Waals surface area (Å²) in [5.41, 5.74) is 13.9. The SMILES string of the molecule is CC1CCN(c2nc(N3CCOCC3)nc3cc(N)ccc23)C[C@]1(C)N. The Kier molecular flexibility index (Phi) is 4.36. The summed E-state index contributed by atoms with van der Waals surface area (Å²) in [6.07, 6.45) is 1.06. The lowest BCUT2D eigenvalue weighted by atomic mass is 9.82. The van der Waals surface area contributed by atoms with E-state index in [1.165, 1.54) is 0 Å². The Hall–Kier alpha value is -2.12. The highest BCUT2D eigenvalue weighted by atomic mass is 16.5. The lowest BCUT2D eigenvalue weighted by molar-refractivity contribution is 0.122. The zero-order valence-electron chi connectivity index (χ0n) is 15.6. The van der Waals surface area contributed by atoms with Crippen molar-refractivity contribution in [1.29, 1.82) is 0 Å². The van der Waals surface area contributed by atoms with Gasteiger partial charge < -0.3 is 26.0 Å². The molecule has 2 saturated heterocycles. The van der Waals surface area contributed by atoms with Crippen molar-refractivity contribution < 1.29 is 4.74 Å². The number of rotatable bonds is 2. The Morgan fingerprint density at radius 1 is 1.15 bits per heavy atom. The lowest BCUT2D eigenvalue weighted by Crippen LogP contribution is -2.57. The van der Waals surface area contributed by atoms with Crippen LogP contribution in [0.2, 0.25) is 0 Å². The van der Waals surface area contributed by atoms with Crippen molar-refractivity contribution in [2.45, 2.75) is 25.8 Å². The fraction of sp³-hybridized carbons (Fsp3) is 0.579. The van der Waals surface area contributed by atoms with Crippen LogP contribution in [0.5, 0.6) is 0 Å². The van der Waals surface area contributed by atoms with E-state index in [0.29, 0.717) is 24.8 Å². The number of hydrogen-bond acceptors (Lipinski definition) is 7. The summed E-state index contributed by atoms with van der Waals surface area (Å²) in [5, 5.41) is 1.03. The third-order valence-electron chi connectivity index (χ3n) is 5.77. The van der Waals surface area contributed by atoms with Gasteiger partial charge in [-0.2, -0.15) is 4.98 Å². The predicted molar refractivity (Wildman–Crippen MR) is 106 cm³/mol. The topological polar surface area (TPSA) is 93.5 Å². The third-order valence-corrected chi connectivity index (χ3v) is 5.77. The van der Waals surface area contributed by atoms with Gasteiger partial charge in [0.15, 0.2) is 0 Å². The van der Waals surface area contributed by atoms with E-state index in [4.69, 9.17) is 26.2 Å². The van der Waals surface area contributed by atoms with E-state index in [0.717, 1.165) is 55.3 Å². The minimum atomic E-state index is -0.234. The van der Waals surface area contributed by atoms with Crippen molar-refractivity contribution in [3.8, 4) is 0 Å². The highest BCUT2D eigenvalue weighted by Crippen LogP contribution is 2.33. The van der Waals surface area contributed by atoms with Gasteiger partial charge in [0.05, 0.1) is 18.7 Å². The monoisotopic (exact) mass is 356 g/mol. The van der Waals surface area contributed by atoms with Gasteiger partial charge in [0.1, 0.15) is 5.82 Å². The zero-order chi connectivity index (χ0) is 18.3. The largest absolute Gasteiger partial charge is 0.399 e. The van der Waals surface area contributed by atoms with E-state index in [9.17, 15) is 0 Å². The molecule has 2 fully saturated rings. The van der Waals surface area contributed by atoms with Gasteiger partial charge in [0.25, 0.3) is 0 Å². The highest BCUT2D eigenvalue weighted by molar-refractivity contribution is 5.92. The second-order valence-electron chi connectivity index (χ2n) is 7.84. The van der Waals surface area contributed by atoms with Crippen molar-refractivity contribution in [2.75, 3.05) is 54.9 Å². The number of nitrogens with two attached hydrogens (primary N) is 2. The first-order valence-electron chi connectivity index (χ1n) is 9.38. The molecule has 4 rings (SSSR count). The molecule has 2 aliphatic rings. The Morgan fingerprint density at radius 3 is 2.65 bits per heavy atom. The Morgan fingerprint density at radius 2 is 1.92 bits per heavy atom. The normalized spacial score (nSPS) is 27.1. The summed E-state index contributed by atoms with van der Waals surface area (Å²) in [6, 6.07) is 5.87. The number of fused-ring (bicyclic) bond motifs is 1. The Balaban J connectivity index is 1.79. The first kappa shape index (κ1) is 17.3. The number of nitrogen functional groups attached to an aromatic ring is 1. The molecule has 1 aromatic heterocycles. The van der Waals surface area contributed by atoms with Crippen molar-refractivity contribution in [3.05, 3.63) is 18.2 Å². The molecule has 7 nitrogen and oxygen atoms in total. The van der Waals surface area contributed by atoms with Gasteiger partial charge >= 0.3 is 0 Å². The number of nitrogens with zero attached hydrogens (tertiary/aromatic N) is 4. The second-order valence-corrected chi connectivity index (χ2v) is 7.84. The molecule has 26 heavy (non-hydrogen) atoms. The summed E-state index contributed by atoms with van der Waals surface area (Å²) < 4.78 is 5.47. The van der Waals surface area contributed by atoms with Crippen LogP contribution < -0.4 is 21.3 Å². The molecular weight excluding hydrogens is 328 g/mol. The van der Waals surface area contributed by atoms with Crippen LogP contribution in [0.25, 0.3) is 10.9 Å². The van der Waals surface area contributed by atoms with E-state index in [1.54, 1.807) is 0 Å². The van der Waals surface area contributed by atoms with Crippen molar-refractivity contribution in [3.63, 3.8) is 0 Å². The number of anilines is 3. The van der Waals surface area contributed by atoms with E-state index in [1.807, 2.05) is 18.2 Å². The maximum Gasteiger partial charge on any atom is 0.228 e. The summed E-state index contributed by atoms with van der Waals surface area (Å²) in [4.78, 5) is 14.2. The third kappa shape index (κ3) is 3.17. The number of aromatic nitrogens is 2. The van der Waals surface area contributed by atoms with E-state index in [-0.39, 0.29) is 5.54 Å². The number of ether oxygens (including phenoxy) is 1. The lowest BCUT2D eigenvalue weighted by Gasteiger charge is -2.43. The summed E-state index contributed by atoms with van der Waals surface area (Å²) in [5.74, 6) is 2.19. The molecule has 0 aliphatic carbocycles. The average molecular weight is 356 g/mol. The molecule has 2 aromatic rings. The second kappa shape index (κ2) is 6.55. The molecular formula is C19H28N6O. The van der Waals surface area contributed by atoms with Gasteiger partial charge in [0, 0.05) is 42.8 Å². The van der Waals surface area contributed by atoms with Gasteiger partial charge in [0.2, 0.25) is 5.95 Å². The summed E-state index contributed by atoms with van der Waals surface area (Å²) in [7, 11) is 0. The standard InChI is InChI=1S/C19H28N6O/c1-13-5-6-25(12-19(13,2)21)17-15-4-3-14(20)11-16(15)22-18(23-17)24-7-9-26-10-8-24/h3-4,11,13H,5-10,12,20-21H2,1-2H3/t13?,19-/m0/s1. The van der Waals surface area contributed by atoms with Gasteiger partial charge in [-0.15, -0.1) is 0 Å². The zero-order valence-corrected chi connectivity index (χ0v) is 15.6. The van der Waals surface area contributed by atoms with Crippen LogP contribution >= 0.6 is 0 Å². The van der Waals surface area contributed by atoms with E-state index in [2.05, 4.69) is 23.6 Å². The first-order chi connectivity index (χ1) is 12.4. The Labute approximate surface area is 154 Å². The van der Waals surface area contributed by atoms with Crippen LogP contribution in [0, 0.1) is 5.92 Å². The van der Waals surface area contributed by atoms with Crippen LogP contribution in [0.15, 0.2) is 18.2 Å². The van der Waals surface area contributed by atoms with Gasteiger partial charge in [-0.05, 0) is 37.5 Å². The molecule has 2 atom stereocenters. The van der Waals surface area contributed by atoms with Crippen molar-refractivity contribution >= 4 is 28.4 Å². The molecule has 4 N–H and O–H groups in total. The van der Waals surface area contributed by atoms with Crippen LogP contribution in [0.3, 0.4) is 0 Å². The van der Waals surface area contributed by atoms with E-state index < -0.39 is 0 Å². The number of morpholine rings is 1. The minimum Gasteiger partial charge on any atom is -0.399 e. The number of piperidine rings is 1. The fourth-order valence-electron chi connectivity index (χ4n) is 3.77. The fourth-order valence-corrected chi connectivity index (χ4v) is 3.77. The van der Waals surface area contributed by atoms with Crippen LogP contribution in [0.1, 0.15) is 20.3 Å². The molecule has 0 radical (unpaired) electrons. The van der Waals surface area contributed by atoms with E-state index >= 15 is 0 Å². The maximum absolute atomic E-state index is 6.57. The first-order valence-corrected chi connectivity index (χ1v) is 9.38. The molecule has 3 heterocycles. The number of hydrogen-bond donors (Lipinski definition) is 2. The average Bonchev–Trinajstić information content (AvgIpc) is 2.63. The van der Waals surface area contributed by atoms with Gasteiger partial charge in [-0.3, -0.25) is 0 Å². The van der Waals surface area contributed by atoms with Crippen molar-refractivity contribution in [2.24, 2.45) is 11.7 Å². The highest BCUT2D eigenvalue weighted by Gasteiger charge is 2.35. The van der Waals surface area contributed by atoms with Crippen LogP contribution in [0.4, 0.5) is 17.5 Å². The van der Waals surface area contributed by atoms with Crippen LogP contribution in [-0.4, -0.2) is 54.9 Å². The summed E-state index contributed by atoms with van der Waals surface area (Å²) >= 11 is 0. The number of benzene rings is 1. The molecule has 2 aliphatic heterocycles.